The van der Waals surface area contributed by atoms with Crippen molar-refractivity contribution in [1.29, 1.82) is 0 Å². The molecule has 0 aliphatic heterocycles. The molecule has 0 saturated heterocycles. The summed E-state index contributed by atoms with van der Waals surface area (Å²) in [5.74, 6) is -1.03. The van der Waals surface area contributed by atoms with Crippen LogP contribution in [0.1, 0.15) is 213 Å². The zero-order valence-electron chi connectivity index (χ0n) is 46.3. The molecule has 0 spiro atoms. The molecule has 6 nitrogen and oxygen atoms in total. The van der Waals surface area contributed by atoms with Crippen LogP contribution in [0.2, 0.25) is 0 Å². The third-order valence-corrected chi connectivity index (χ3v) is 11.2. The second-order valence-electron chi connectivity index (χ2n) is 18.1. The lowest BCUT2D eigenvalue weighted by Crippen LogP contribution is -2.30. The Morgan fingerprint density at radius 3 is 0.836 bits per heavy atom. The lowest BCUT2D eigenvalue weighted by atomic mass is 10.1. The molecule has 0 aliphatic rings. The van der Waals surface area contributed by atoms with E-state index in [0.29, 0.717) is 19.3 Å². The highest BCUT2D eigenvalue weighted by Gasteiger charge is 2.19. The van der Waals surface area contributed by atoms with Gasteiger partial charge in [-0.05, 0) is 135 Å². The lowest BCUT2D eigenvalue weighted by Gasteiger charge is -2.18. The zero-order chi connectivity index (χ0) is 52.9. The number of hydrogen-bond acceptors (Lipinski definition) is 6. The summed E-state index contributed by atoms with van der Waals surface area (Å²) in [6.07, 6.45) is 88.0. The Balaban J connectivity index is 4.41. The van der Waals surface area contributed by atoms with Crippen molar-refractivity contribution in [3.05, 3.63) is 170 Å². The van der Waals surface area contributed by atoms with Crippen LogP contribution in [0, 0.1) is 0 Å². The number of carbonyl (C=O) groups is 3. The summed E-state index contributed by atoms with van der Waals surface area (Å²) in [6.45, 7) is 6.27. The van der Waals surface area contributed by atoms with E-state index < -0.39 is 6.10 Å². The average molecular weight is 1000 g/mol. The van der Waals surface area contributed by atoms with Crippen molar-refractivity contribution < 1.29 is 28.6 Å². The quantitative estimate of drug-likeness (QED) is 0.0261. The molecule has 0 aromatic rings. The number of ether oxygens (including phenoxy) is 3. The second-order valence-corrected chi connectivity index (χ2v) is 18.1. The Bertz CT molecular complexity index is 1720. The van der Waals surface area contributed by atoms with Gasteiger partial charge in [-0.25, -0.2) is 0 Å². The molecular weight excluding hydrogens is 901 g/mol. The number of rotatable bonds is 49. The van der Waals surface area contributed by atoms with E-state index in [2.05, 4.69) is 191 Å². The molecule has 1 unspecified atom stereocenters. The number of carbonyl (C=O) groups excluding carboxylic acids is 3. The summed E-state index contributed by atoms with van der Waals surface area (Å²) in [5, 5.41) is 0. The van der Waals surface area contributed by atoms with Gasteiger partial charge in [0.1, 0.15) is 13.2 Å². The van der Waals surface area contributed by atoms with E-state index >= 15 is 0 Å². The van der Waals surface area contributed by atoms with Gasteiger partial charge in [0, 0.05) is 19.3 Å². The van der Waals surface area contributed by atoms with E-state index in [0.717, 1.165) is 135 Å². The molecular formula is C67H102O6. The molecule has 6 heteroatoms. The fourth-order valence-corrected chi connectivity index (χ4v) is 6.99. The first kappa shape index (κ1) is 67.8. The third kappa shape index (κ3) is 57.5. The third-order valence-electron chi connectivity index (χ3n) is 11.2. The summed E-state index contributed by atoms with van der Waals surface area (Å²) in [4.78, 5) is 37.9. The Labute approximate surface area is 447 Å². The number of hydrogen-bond donors (Lipinski definition) is 0. The molecule has 73 heavy (non-hydrogen) atoms. The fraction of sp³-hybridized carbons (Fsp3) is 0.537. The van der Waals surface area contributed by atoms with Crippen molar-refractivity contribution in [2.24, 2.45) is 0 Å². The molecule has 0 bridgehead atoms. The van der Waals surface area contributed by atoms with Crippen molar-refractivity contribution in [3.8, 4) is 0 Å². The van der Waals surface area contributed by atoms with Crippen LogP contribution in [0.3, 0.4) is 0 Å². The fourth-order valence-electron chi connectivity index (χ4n) is 6.99. The number of allylic oxidation sites excluding steroid dienone is 28. The first-order valence-corrected chi connectivity index (χ1v) is 28.6. The van der Waals surface area contributed by atoms with E-state index in [1.54, 1.807) is 0 Å². The number of unbranched alkanes of at least 4 members (excludes halogenated alkanes) is 10. The van der Waals surface area contributed by atoms with Crippen LogP contribution >= 0.6 is 0 Å². The van der Waals surface area contributed by atoms with Gasteiger partial charge in [-0.1, -0.05) is 229 Å². The van der Waals surface area contributed by atoms with Gasteiger partial charge in [0.25, 0.3) is 0 Å². The smallest absolute Gasteiger partial charge is 0.306 e. The zero-order valence-corrected chi connectivity index (χ0v) is 46.3. The minimum Gasteiger partial charge on any atom is -0.462 e. The van der Waals surface area contributed by atoms with Crippen LogP contribution in [0.15, 0.2) is 170 Å². The number of esters is 3. The van der Waals surface area contributed by atoms with Gasteiger partial charge < -0.3 is 14.2 Å². The average Bonchev–Trinajstić information content (AvgIpc) is 3.39. The normalized spacial score (nSPS) is 13.4. The van der Waals surface area contributed by atoms with E-state index in [-0.39, 0.29) is 44.0 Å². The van der Waals surface area contributed by atoms with E-state index in [1.165, 1.54) is 25.7 Å². The van der Waals surface area contributed by atoms with Crippen LogP contribution in [0.5, 0.6) is 0 Å². The molecule has 406 valence electrons. The molecule has 0 aliphatic carbocycles. The minimum absolute atomic E-state index is 0.118. The predicted molar refractivity (Wildman–Crippen MR) is 315 cm³/mol. The highest BCUT2D eigenvalue weighted by molar-refractivity contribution is 5.71. The van der Waals surface area contributed by atoms with Crippen LogP contribution in [-0.2, 0) is 28.6 Å². The molecule has 0 fully saturated rings. The minimum atomic E-state index is -0.826. The van der Waals surface area contributed by atoms with E-state index in [4.69, 9.17) is 14.2 Å². The Kier molecular flexibility index (Phi) is 55.1. The van der Waals surface area contributed by atoms with Crippen LogP contribution in [0.25, 0.3) is 0 Å². The Hall–Kier alpha value is -5.23. The molecule has 0 amide bonds. The highest BCUT2D eigenvalue weighted by Crippen LogP contribution is 2.11. The summed E-state index contributed by atoms with van der Waals surface area (Å²) < 4.78 is 16.7. The maximum Gasteiger partial charge on any atom is 0.306 e. The topological polar surface area (TPSA) is 78.9 Å². The van der Waals surface area contributed by atoms with Crippen LogP contribution in [-0.4, -0.2) is 37.2 Å². The lowest BCUT2D eigenvalue weighted by molar-refractivity contribution is -0.167. The van der Waals surface area contributed by atoms with Gasteiger partial charge in [-0.2, -0.15) is 0 Å². The molecule has 1 atom stereocenters. The summed E-state index contributed by atoms with van der Waals surface area (Å²) in [6, 6.07) is 0. The Morgan fingerprint density at radius 1 is 0.288 bits per heavy atom. The van der Waals surface area contributed by atoms with E-state index in [9.17, 15) is 14.4 Å². The molecule has 0 aromatic carbocycles. The van der Waals surface area contributed by atoms with Crippen molar-refractivity contribution in [2.45, 2.75) is 219 Å². The SMILES string of the molecule is CC/C=C\C/C=C\C/C=C\C/C=C\C/C=C\C/C=C\C/C=C\C/C=C\CCCCC(=O)OCC(COC(=O)CCCCCCCCC)OC(=O)CCCC/C=C\C/C=C\C/C=C\C/C=C\C/C=C\C/C=C\CC. The molecule has 0 radical (unpaired) electrons. The van der Waals surface area contributed by atoms with Crippen LogP contribution in [0.4, 0.5) is 0 Å². The summed E-state index contributed by atoms with van der Waals surface area (Å²) in [7, 11) is 0. The van der Waals surface area contributed by atoms with Gasteiger partial charge in [0.15, 0.2) is 6.10 Å². The summed E-state index contributed by atoms with van der Waals surface area (Å²) in [5.41, 5.74) is 0. The largest absolute Gasteiger partial charge is 0.462 e. The van der Waals surface area contributed by atoms with Gasteiger partial charge >= 0.3 is 17.9 Å². The maximum absolute atomic E-state index is 12.8. The van der Waals surface area contributed by atoms with Gasteiger partial charge in [-0.3, -0.25) is 14.4 Å². The van der Waals surface area contributed by atoms with Gasteiger partial charge in [0.2, 0.25) is 0 Å². The predicted octanol–water partition coefficient (Wildman–Crippen LogP) is 19.5. The van der Waals surface area contributed by atoms with Crippen molar-refractivity contribution >= 4 is 17.9 Å². The van der Waals surface area contributed by atoms with Crippen molar-refractivity contribution in [3.63, 3.8) is 0 Å². The molecule has 0 rings (SSSR count). The van der Waals surface area contributed by atoms with Crippen LogP contribution < -0.4 is 0 Å². The monoisotopic (exact) mass is 1000 g/mol. The second kappa shape index (κ2) is 59.3. The first-order chi connectivity index (χ1) is 36.0. The Morgan fingerprint density at radius 2 is 0.534 bits per heavy atom. The molecule has 0 heterocycles. The van der Waals surface area contributed by atoms with Crippen molar-refractivity contribution in [2.75, 3.05) is 13.2 Å². The van der Waals surface area contributed by atoms with Crippen molar-refractivity contribution in [1.82, 2.24) is 0 Å². The maximum atomic E-state index is 12.8. The molecule has 0 N–H and O–H groups in total. The first-order valence-electron chi connectivity index (χ1n) is 28.6. The standard InChI is InChI=1S/C67H102O6/c1-4-7-10-13-16-18-20-22-24-26-28-30-31-32-33-34-35-37-38-40-42-44-46-48-51-54-57-60-66(69)72-63-64(62-71-65(68)59-56-53-50-15-12-9-6-3)73-67(70)61-58-55-52-49-47-45-43-41-39-36-29-27-25-23-21-19-17-14-11-8-5-2/h7-8,10-11,16-19,22-25,28-30,32-33,35-37,40-43,46-49,64H,4-6,9,12-15,20-21,26-27,31,34,38-39,44-45,50-63H2,1-3H3/b10-7-,11-8-,18-16-,19-17-,24-22-,25-23-,30-28-,33-32-,36-29-,37-35-,42-40-,43-41-,48-46-,49-47-. The molecule has 0 aromatic heterocycles. The van der Waals surface area contributed by atoms with Gasteiger partial charge in [-0.15, -0.1) is 0 Å². The highest BCUT2D eigenvalue weighted by atomic mass is 16.6. The summed E-state index contributed by atoms with van der Waals surface area (Å²) >= 11 is 0. The van der Waals surface area contributed by atoms with E-state index in [1.807, 2.05) is 0 Å². The molecule has 0 saturated carbocycles. The van der Waals surface area contributed by atoms with Gasteiger partial charge in [0.05, 0.1) is 0 Å².